The molecule has 3 rings (SSSR count). The van der Waals surface area contributed by atoms with Crippen molar-refractivity contribution >= 4 is 0 Å². The third-order valence-corrected chi connectivity index (χ3v) is 4.52. The summed E-state index contributed by atoms with van der Waals surface area (Å²) < 4.78 is 13.6. The lowest BCUT2D eigenvalue weighted by Gasteiger charge is -2.27. The van der Waals surface area contributed by atoms with E-state index in [1.54, 1.807) is 6.07 Å². The normalized spacial score (nSPS) is 22.2. The van der Waals surface area contributed by atoms with Crippen molar-refractivity contribution in [2.45, 2.75) is 38.3 Å². The van der Waals surface area contributed by atoms with E-state index >= 15 is 0 Å². The number of aliphatic hydroxyl groups excluding tert-OH is 1. The van der Waals surface area contributed by atoms with Crippen molar-refractivity contribution in [3.05, 3.63) is 35.6 Å². The molecule has 0 radical (unpaired) electrons. The van der Waals surface area contributed by atoms with Crippen molar-refractivity contribution in [3.63, 3.8) is 0 Å². The molecule has 1 aromatic carbocycles. The Balaban J connectivity index is 1.63. The average molecular weight is 263 g/mol. The van der Waals surface area contributed by atoms with E-state index in [4.69, 9.17) is 0 Å². The molecule has 0 bridgehead atoms. The fourth-order valence-electron chi connectivity index (χ4n) is 3.07. The van der Waals surface area contributed by atoms with Crippen LogP contribution in [-0.2, 0) is 6.54 Å². The van der Waals surface area contributed by atoms with Gasteiger partial charge in [0.15, 0.2) is 0 Å². The topological polar surface area (TPSA) is 32.3 Å². The van der Waals surface area contributed by atoms with Gasteiger partial charge in [-0.1, -0.05) is 18.2 Å². The number of rotatable bonds is 7. The summed E-state index contributed by atoms with van der Waals surface area (Å²) in [6, 6.07) is 7.29. The lowest BCUT2D eigenvalue weighted by Crippen LogP contribution is -2.40. The molecule has 0 heterocycles. The summed E-state index contributed by atoms with van der Waals surface area (Å²) in [4.78, 5) is 0. The first-order valence-corrected chi connectivity index (χ1v) is 7.37. The smallest absolute Gasteiger partial charge is 0.127 e. The van der Waals surface area contributed by atoms with Gasteiger partial charge < -0.3 is 10.4 Å². The first kappa shape index (κ1) is 13.1. The van der Waals surface area contributed by atoms with Crippen LogP contribution in [0.3, 0.4) is 0 Å². The Bertz CT molecular complexity index is 429. The maximum Gasteiger partial charge on any atom is 0.127 e. The zero-order valence-corrected chi connectivity index (χ0v) is 11.2. The Hall–Kier alpha value is -0.930. The standard InChI is InChI=1S/C16H22FNO/c17-15-4-2-1-3-13(15)9-18-16(12-7-8-12)14(10-19)11-5-6-11/h1-4,11-12,14,16,18-19H,5-10H2. The summed E-state index contributed by atoms with van der Waals surface area (Å²) in [5.74, 6) is 1.59. The van der Waals surface area contributed by atoms with Gasteiger partial charge in [0.2, 0.25) is 0 Å². The van der Waals surface area contributed by atoms with Gasteiger partial charge in [-0.05, 0) is 43.6 Å². The first-order valence-electron chi connectivity index (χ1n) is 7.37. The number of benzene rings is 1. The van der Waals surface area contributed by atoms with Crippen molar-refractivity contribution < 1.29 is 9.50 Å². The minimum absolute atomic E-state index is 0.142. The second-order valence-corrected chi connectivity index (χ2v) is 6.02. The Labute approximate surface area is 114 Å². The molecule has 0 aliphatic heterocycles. The summed E-state index contributed by atoms with van der Waals surface area (Å²) in [6.07, 6.45) is 4.99. The van der Waals surface area contributed by atoms with Crippen LogP contribution in [0.5, 0.6) is 0 Å². The Morgan fingerprint density at radius 1 is 1.16 bits per heavy atom. The lowest BCUT2D eigenvalue weighted by atomic mass is 9.91. The van der Waals surface area contributed by atoms with Crippen LogP contribution >= 0.6 is 0 Å². The largest absolute Gasteiger partial charge is 0.396 e. The second-order valence-electron chi connectivity index (χ2n) is 6.02. The van der Waals surface area contributed by atoms with Crippen molar-refractivity contribution in [1.29, 1.82) is 0 Å². The summed E-state index contributed by atoms with van der Waals surface area (Å²) in [7, 11) is 0. The van der Waals surface area contributed by atoms with Crippen LogP contribution < -0.4 is 5.32 Å². The van der Waals surface area contributed by atoms with Crippen LogP contribution in [0.25, 0.3) is 0 Å². The molecule has 3 heteroatoms. The van der Waals surface area contributed by atoms with Crippen LogP contribution in [0, 0.1) is 23.6 Å². The van der Waals surface area contributed by atoms with E-state index in [9.17, 15) is 9.50 Å². The molecule has 2 atom stereocenters. The van der Waals surface area contributed by atoms with E-state index in [1.807, 2.05) is 12.1 Å². The van der Waals surface area contributed by atoms with Crippen molar-refractivity contribution in [2.75, 3.05) is 6.61 Å². The Kier molecular flexibility index (Phi) is 3.85. The van der Waals surface area contributed by atoms with E-state index in [2.05, 4.69) is 5.32 Å². The molecule has 104 valence electrons. The highest BCUT2D eigenvalue weighted by atomic mass is 19.1. The van der Waals surface area contributed by atoms with Crippen molar-refractivity contribution in [1.82, 2.24) is 5.32 Å². The van der Waals surface area contributed by atoms with E-state index in [-0.39, 0.29) is 12.4 Å². The van der Waals surface area contributed by atoms with Gasteiger partial charge in [-0.25, -0.2) is 4.39 Å². The fourth-order valence-corrected chi connectivity index (χ4v) is 3.07. The molecule has 2 aliphatic rings. The van der Waals surface area contributed by atoms with Crippen LogP contribution in [0.1, 0.15) is 31.2 Å². The van der Waals surface area contributed by atoms with Gasteiger partial charge in [0, 0.05) is 30.7 Å². The highest BCUT2D eigenvalue weighted by Gasteiger charge is 2.42. The minimum atomic E-state index is -0.142. The number of hydrogen-bond donors (Lipinski definition) is 2. The molecular weight excluding hydrogens is 241 g/mol. The molecule has 2 unspecified atom stereocenters. The van der Waals surface area contributed by atoms with E-state index in [1.165, 1.54) is 31.7 Å². The quantitative estimate of drug-likeness (QED) is 0.793. The maximum absolute atomic E-state index is 13.6. The van der Waals surface area contributed by atoms with Gasteiger partial charge >= 0.3 is 0 Å². The highest BCUT2D eigenvalue weighted by Crippen LogP contribution is 2.45. The van der Waals surface area contributed by atoms with Crippen molar-refractivity contribution in [2.24, 2.45) is 17.8 Å². The summed E-state index contributed by atoms with van der Waals surface area (Å²) in [5.41, 5.74) is 0.723. The van der Waals surface area contributed by atoms with Crippen LogP contribution in [0.2, 0.25) is 0 Å². The monoisotopic (exact) mass is 263 g/mol. The summed E-state index contributed by atoms with van der Waals surface area (Å²) >= 11 is 0. The summed E-state index contributed by atoms with van der Waals surface area (Å²) in [5, 5.41) is 13.1. The second kappa shape index (κ2) is 5.59. The van der Waals surface area contributed by atoms with Gasteiger partial charge in [-0.2, -0.15) is 0 Å². The van der Waals surface area contributed by atoms with Gasteiger partial charge in [-0.15, -0.1) is 0 Å². The van der Waals surface area contributed by atoms with E-state index in [0.717, 1.165) is 5.56 Å². The van der Waals surface area contributed by atoms with Crippen molar-refractivity contribution in [3.8, 4) is 0 Å². The molecular formula is C16H22FNO. The first-order chi connectivity index (χ1) is 9.29. The molecule has 0 spiro atoms. The van der Waals surface area contributed by atoms with Crippen LogP contribution in [-0.4, -0.2) is 17.8 Å². The minimum Gasteiger partial charge on any atom is -0.396 e. The third-order valence-electron chi connectivity index (χ3n) is 4.52. The molecule has 0 saturated heterocycles. The molecule has 2 aliphatic carbocycles. The predicted molar refractivity (Wildman–Crippen MR) is 73.1 cm³/mol. The van der Waals surface area contributed by atoms with Gasteiger partial charge in [-0.3, -0.25) is 0 Å². The highest BCUT2D eigenvalue weighted by molar-refractivity contribution is 5.17. The van der Waals surface area contributed by atoms with Crippen LogP contribution in [0.15, 0.2) is 24.3 Å². The molecule has 0 amide bonds. The third kappa shape index (κ3) is 3.15. The molecule has 2 N–H and O–H groups in total. The lowest BCUT2D eigenvalue weighted by molar-refractivity contribution is 0.159. The molecule has 19 heavy (non-hydrogen) atoms. The maximum atomic E-state index is 13.6. The molecule has 1 aromatic rings. The van der Waals surface area contributed by atoms with Gasteiger partial charge in [0.05, 0.1) is 0 Å². The fraction of sp³-hybridized carbons (Fsp3) is 0.625. The predicted octanol–water partition coefficient (Wildman–Crippen LogP) is 2.71. The van der Waals surface area contributed by atoms with E-state index in [0.29, 0.717) is 30.3 Å². The molecule has 0 aromatic heterocycles. The zero-order valence-electron chi connectivity index (χ0n) is 11.2. The summed E-state index contributed by atoms with van der Waals surface area (Å²) in [6.45, 7) is 0.827. The van der Waals surface area contributed by atoms with Gasteiger partial charge in [0.25, 0.3) is 0 Å². The average Bonchev–Trinajstić information content (AvgIpc) is 3.28. The van der Waals surface area contributed by atoms with Crippen LogP contribution in [0.4, 0.5) is 4.39 Å². The number of halogens is 1. The zero-order chi connectivity index (χ0) is 13.2. The Morgan fingerprint density at radius 2 is 1.84 bits per heavy atom. The number of nitrogens with one attached hydrogen (secondary N) is 1. The SMILES string of the molecule is OCC(C1CC1)C(NCc1ccccc1F)C1CC1. The number of aliphatic hydroxyl groups is 1. The Morgan fingerprint density at radius 3 is 2.42 bits per heavy atom. The number of hydrogen-bond acceptors (Lipinski definition) is 2. The van der Waals surface area contributed by atoms with E-state index < -0.39 is 0 Å². The molecule has 2 saturated carbocycles. The van der Waals surface area contributed by atoms with Gasteiger partial charge in [0.1, 0.15) is 5.82 Å². The molecule has 2 nitrogen and oxygen atoms in total. The molecule has 2 fully saturated rings.